The maximum absolute atomic E-state index is 10.6. The van der Waals surface area contributed by atoms with Crippen LogP contribution in [-0.2, 0) is 19.1 Å². The number of esters is 1. The maximum atomic E-state index is 10.6. The van der Waals surface area contributed by atoms with Crippen molar-refractivity contribution in [3.63, 3.8) is 0 Å². The molecule has 0 radical (unpaired) electrons. The molecule has 0 spiro atoms. The minimum atomic E-state index is -0.349. The van der Waals surface area contributed by atoms with E-state index < -0.39 is 0 Å². The Morgan fingerprint density at radius 1 is 1.46 bits per heavy atom. The lowest BCUT2D eigenvalue weighted by Crippen LogP contribution is -2.10. The van der Waals surface area contributed by atoms with E-state index in [1.54, 1.807) is 6.92 Å². The first kappa shape index (κ1) is 12.1. The summed E-state index contributed by atoms with van der Waals surface area (Å²) in [6.45, 7) is 2.20. The van der Waals surface area contributed by atoms with Gasteiger partial charge in [-0.15, -0.1) is 0 Å². The number of rotatable bonds is 7. The average molecular weight is 188 g/mol. The van der Waals surface area contributed by atoms with E-state index in [2.05, 4.69) is 4.74 Å². The number of hydrogen-bond donors (Lipinski definition) is 0. The zero-order valence-electron chi connectivity index (χ0n) is 8.12. The summed E-state index contributed by atoms with van der Waals surface area (Å²) in [6, 6.07) is 0. The first-order valence-corrected chi connectivity index (χ1v) is 4.34. The largest absolute Gasteiger partial charge is 0.469 e. The Hall–Kier alpha value is -0.900. The first-order chi connectivity index (χ1) is 6.20. The molecule has 0 rings (SSSR count). The molecule has 0 aromatic heterocycles. The van der Waals surface area contributed by atoms with Gasteiger partial charge in [-0.3, -0.25) is 4.79 Å². The van der Waals surface area contributed by atoms with Crippen molar-refractivity contribution in [3.8, 4) is 0 Å². The Morgan fingerprint density at radius 3 is 2.69 bits per heavy atom. The van der Waals surface area contributed by atoms with Gasteiger partial charge in [-0.2, -0.15) is 0 Å². The summed E-state index contributed by atoms with van der Waals surface area (Å²) in [4.78, 5) is 20.8. The van der Waals surface area contributed by atoms with E-state index in [0.717, 1.165) is 19.1 Å². The highest BCUT2D eigenvalue weighted by molar-refractivity contribution is 5.68. The molecule has 4 heteroatoms. The number of ether oxygens (including phenoxy) is 2. The van der Waals surface area contributed by atoms with Crippen molar-refractivity contribution in [2.45, 2.75) is 32.3 Å². The van der Waals surface area contributed by atoms with Gasteiger partial charge in [0.15, 0.2) is 0 Å². The Bertz CT molecular complexity index is 156. The second kappa shape index (κ2) is 7.73. The first-order valence-electron chi connectivity index (χ1n) is 4.34. The van der Waals surface area contributed by atoms with Gasteiger partial charge < -0.3 is 14.3 Å². The van der Waals surface area contributed by atoms with Gasteiger partial charge in [0.2, 0.25) is 0 Å². The third-order valence-electron chi connectivity index (χ3n) is 1.58. The molecule has 0 aromatic carbocycles. The van der Waals surface area contributed by atoms with Gasteiger partial charge in [0.05, 0.1) is 7.11 Å². The van der Waals surface area contributed by atoms with E-state index in [9.17, 15) is 9.59 Å². The molecule has 13 heavy (non-hydrogen) atoms. The van der Waals surface area contributed by atoms with Crippen molar-refractivity contribution in [2.24, 2.45) is 0 Å². The summed E-state index contributed by atoms with van der Waals surface area (Å²) in [6.07, 6.45) is 2.32. The van der Waals surface area contributed by atoms with Gasteiger partial charge in [-0.25, -0.2) is 0 Å². The molecule has 0 heterocycles. The fraction of sp³-hybridized carbons (Fsp3) is 0.778. The number of methoxy groups -OCH3 is 1. The second-order valence-corrected chi connectivity index (χ2v) is 2.75. The second-order valence-electron chi connectivity index (χ2n) is 2.75. The summed E-state index contributed by atoms with van der Waals surface area (Å²) in [5, 5.41) is 0. The predicted molar refractivity (Wildman–Crippen MR) is 47.3 cm³/mol. The number of aldehydes is 1. The summed E-state index contributed by atoms with van der Waals surface area (Å²) in [5.74, 6) is -0.205. The lowest BCUT2D eigenvalue weighted by molar-refractivity contribution is -0.140. The van der Waals surface area contributed by atoms with Crippen LogP contribution in [0.25, 0.3) is 0 Å². The van der Waals surface area contributed by atoms with E-state index >= 15 is 0 Å². The Morgan fingerprint density at radius 2 is 2.15 bits per heavy atom. The SMILES string of the molecule is COC(=O)CCCCO[C@@H](C)C=O. The van der Waals surface area contributed by atoms with Gasteiger partial charge in [0, 0.05) is 13.0 Å². The van der Waals surface area contributed by atoms with Crippen molar-refractivity contribution in [3.05, 3.63) is 0 Å². The third kappa shape index (κ3) is 7.46. The van der Waals surface area contributed by atoms with Crippen LogP contribution in [0.15, 0.2) is 0 Å². The van der Waals surface area contributed by atoms with Gasteiger partial charge in [0.1, 0.15) is 12.4 Å². The van der Waals surface area contributed by atoms with E-state index in [0.29, 0.717) is 13.0 Å². The van der Waals surface area contributed by atoms with Gasteiger partial charge >= 0.3 is 5.97 Å². The number of hydrogen-bond acceptors (Lipinski definition) is 4. The number of carbonyl (C=O) groups is 2. The van der Waals surface area contributed by atoms with Gasteiger partial charge in [-0.05, 0) is 19.8 Å². The van der Waals surface area contributed by atoms with Crippen LogP contribution >= 0.6 is 0 Å². The van der Waals surface area contributed by atoms with E-state index in [4.69, 9.17) is 4.74 Å². The smallest absolute Gasteiger partial charge is 0.305 e. The summed E-state index contributed by atoms with van der Waals surface area (Å²) >= 11 is 0. The molecule has 0 unspecified atom stereocenters. The molecule has 0 bridgehead atoms. The highest BCUT2D eigenvalue weighted by Gasteiger charge is 2.01. The monoisotopic (exact) mass is 188 g/mol. The molecule has 0 aliphatic heterocycles. The van der Waals surface area contributed by atoms with E-state index in [1.165, 1.54) is 7.11 Å². The van der Waals surface area contributed by atoms with Crippen LogP contribution in [0.4, 0.5) is 0 Å². The van der Waals surface area contributed by atoms with E-state index in [-0.39, 0.29) is 12.1 Å². The zero-order chi connectivity index (χ0) is 10.1. The Labute approximate surface area is 78.2 Å². The molecule has 0 N–H and O–H groups in total. The molecule has 4 nitrogen and oxygen atoms in total. The molecule has 1 atom stereocenters. The fourth-order valence-corrected chi connectivity index (χ4v) is 0.782. The van der Waals surface area contributed by atoms with Crippen molar-refractivity contribution >= 4 is 12.3 Å². The molecule has 0 amide bonds. The van der Waals surface area contributed by atoms with Crippen LogP contribution in [0.3, 0.4) is 0 Å². The van der Waals surface area contributed by atoms with Crippen LogP contribution in [0, 0.1) is 0 Å². The molecule has 0 aliphatic rings. The summed E-state index contributed by atoms with van der Waals surface area (Å²) in [7, 11) is 1.37. The van der Waals surface area contributed by atoms with Crippen LogP contribution in [0.1, 0.15) is 26.2 Å². The van der Waals surface area contributed by atoms with Crippen LogP contribution in [0.2, 0.25) is 0 Å². The number of unbranched alkanes of at least 4 members (excludes halogenated alkanes) is 1. The van der Waals surface area contributed by atoms with E-state index in [1.807, 2.05) is 0 Å². The molecule has 0 fully saturated rings. The summed E-state index contributed by atoms with van der Waals surface area (Å²) < 4.78 is 9.55. The molecule has 0 saturated heterocycles. The average Bonchev–Trinajstić information content (AvgIpc) is 2.16. The standard InChI is InChI=1S/C9H16O4/c1-8(7-10)13-6-4-3-5-9(11)12-2/h7-8H,3-6H2,1-2H3/t8-/m0/s1. The molecule has 0 saturated carbocycles. The lowest BCUT2D eigenvalue weighted by Gasteiger charge is -2.05. The third-order valence-corrected chi connectivity index (χ3v) is 1.58. The van der Waals surface area contributed by atoms with Crippen molar-refractivity contribution in [1.82, 2.24) is 0 Å². The summed E-state index contributed by atoms with van der Waals surface area (Å²) in [5.41, 5.74) is 0. The highest BCUT2D eigenvalue weighted by Crippen LogP contribution is 1.98. The van der Waals surface area contributed by atoms with Crippen LogP contribution in [-0.4, -0.2) is 32.1 Å². The molecular formula is C9H16O4. The highest BCUT2D eigenvalue weighted by atomic mass is 16.5. The topological polar surface area (TPSA) is 52.6 Å². The molecule has 76 valence electrons. The van der Waals surface area contributed by atoms with Crippen molar-refractivity contribution < 1.29 is 19.1 Å². The van der Waals surface area contributed by atoms with Crippen molar-refractivity contribution in [2.75, 3.05) is 13.7 Å². The minimum absolute atomic E-state index is 0.205. The predicted octanol–water partition coefficient (Wildman–Crippen LogP) is 0.934. The molecule has 0 aromatic rings. The van der Waals surface area contributed by atoms with Gasteiger partial charge in [-0.1, -0.05) is 0 Å². The van der Waals surface area contributed by atoms with Crippen LogP contribution in [0.5, 0.6) is 0 Å². The lowest BCUT2D eigenvalue weighted by atomic mass is 10.2. The molecule has 0 aliphatic carbocycles. The Balaban J connectivity index is 3.17. The minimum Gasteiger partial charge on any atom is -0.469 e. The fourth-order valence-electron chi connectivity index (χ4n) is 0.782. The zero-order valence-corrected chi connectivity index (χ0v) is 8.12. The number of carbonyl (C=O) groups excluding carboxylic acids is 2. The van der Waals surface area contributed by atoms with Crippen LogP contribution < -0.4 is 0 Å². The normalized spacial score (nSPS) is 12.2. The quantitative estimate of drug-likeness (QED) is 0.339. The van der Waals surface area contributed by atoms with Gasteiger partial charge in [0.25, 0.3) is 0 Å². The molecular weight excluding hydrogens is 172 g/mol. The maximum Gasteiger partial charge on any atom is 0.305 e. The van der Waals surface area contributed by atoms with Crippen molar-refractivity contribution in [1.29, 1.82) is 0 Å². The Kier molecular flexibility index (Phi) is 7.20.